The second kappa shape index (κ2) is 6.48. The van der Waals surface area contributed by atoms with Gasteiger partial charge < -0.3 is 10.0 Å². The minimum Gasteiger partial charge on any atom is -0.481 e. The van der Waals surface area contributed by atoms with Crippen molar-refractivity contribution in [3.8, 4) is 0 Å². The van der Waals surface area contributed by atoms with Crippen LogP contribution in [0, 0.1) is 11.3 Å². The molecule has 0 spiro atoms. The lowest BCUT2D eigenvalue weighted by atomic mass is 9.81. The smallest absolute Gasteiger partial charge is 0.312 e. The van der Waals surface area contributed by atoms with Crippen molar-refractivity contribution in [3.05, 3.63) is 18.5 Å². The molecule has 1 saturated carbocycles. The summed E-state index contributed by atoms with van der Waals surface area (Å²) in [6.45, 7) is 5.27. The molecule has 2 atom stereocenters. The lowest BCUT2D eigenvalue weighted by Crippen LogP contribution is -2.42. The first kappa shape index (κ1) is 16.1. The van der Waals surface area contributed by atoms with Gasteiger partial charge in [0.25, 0.3) is 0 Å². The Hall–Kier alpha value is -1.40. The number of aromatic nitrogens is 2. The highest BCUT2D eigenvalue weighted by atomic mass is 16.4. The zero-order chi connectivity index (χ0) is 16.6. The van der Waals surface area contributed by atoms with E-state index >= 15 is 0 Å². The quantitative estimate of drug-likeness (QED) is 0.856. The average Bonchev–Trinajstić information content (AvgIpc) is 3.31. The maximum atomic E-state index is 12.1. The maximum absolute atomic E-state index is 12.1. The fraction of sp³-hybridized carbons (Fsp3) is 0.778. The van der Waals surface area contributed by atoms with Crippen LogP contribution in [0.4, 0.5) is 0 Å². The summed E-state index contributed by atoms with van der Waals surface area (Å²) in [4.78, 5) is 17.0. The Kier molecular flexibility index (Phi) is 4.35. The Morgan fingerprint density at radius 1 is 1.21 bits per heavy atom. The second-order valence-electron chi connectivity index (χ2n) is 7.88. The Labute approximate surface area is 143 Å². The standard InChI is InChI=1S/C18H28N4O2/c23-17(24)18-13-20(8-4-10-22-9-3-7-19-22)11-15(18)12-21(14-18)16-5-1-2-6-16/h3,7,9,15-16H,1-2,4-6,8,10-14H2,(H,23,24)/t15-,18-/m1/s1. The van der Waals surface area contributed by atoms with Gasteiger partial charge in [0.15, 0.2) is 0 Å². The maximum Gasteiger partial charge on any atom is 0.312 e. The number of likely N-dealkylation sites (tertiary alicyclic amines) is 2. The molecule has 0 aromatic carbocycles. The van der Waals surface area contributed by atoms with Crippen LogP contribution in [-0.4, -0.2) is 69.4 Å². The fourth-order valence-corrected chi connectivity index (χ4v) is 5.12. The molecule has 4 rings (SSSR count). The van der Waals surface area contributed by atoms with Gasteiger partial charge in [0.1, 0.15) is 0 Å². The molecule has 1 aliphatic carbocycles. The minimum atomic E-state index is -0.581. The molecule has 0 unspecified atom stereocenters. The van der Waals surface area contributed by atoms with Crippen LogP contribution in [0.5, 0.6) is 0 Å². The third kappa shape index (κ3) is 2.86. The summed E-state index contributed by atoms with van der Waals surface area (Å²) in [5, 5.41) is 14.2. The van der Waals surface area contributed by atoms with E-state index in [9.17, 15) is 9.90 Å². The van der Waals surface area contributed by atoms with Crippen LogP contribution in [0.15, 0.2) is 18.5 Å². The molecule has 6 nitrogen and oxygen atoms in total. The summed E-state index contributed by atoms with van der Waals surface area (Å²) in [5.41, 5.74) is -0.533. The Bertz CT molecular complexity index is 570. The number of aryl methyl sites for hydroxylation is 1. The first-order chi connectivity index (χ1) is 11.7. The van der Waals surface area contributed by atoms with Gasteiger partial charge in [0.05, 0.1) is 5.41 Å². The minimum absolute atomic E-state index is 0.292. The van der Waals surface area contributed by atoms with E-state index in [1.807, 2.05) is 16.9 Å². The van der Waals surface area contributed by atoms with E-state index in [1.54, 1.807) is 6.20 Å². The Balaban J connectivity index is 1.35. The number of nitrogens with zero attached hydrogens (tertiary/aromatic N) is 4. The molecule has 0 bridgehead atoms. The molecule has 1 aromatic rings. The van der Waals surface area contributed by atoms with Gasteiger partial charge in [-0.25, -0.2) is 0 Å². The molecule has 3 heterocycles. The van der Waals surface area contributed by atoms with E-state index in [2.05, 4.69) is 14.9 Å². The molecule has 2 saturated heterocycles. The zero-order valence-corrected chi connectivity index (χ0v) is 14.3. The van der Waals surface area contributed by atoms with Crippen molar-refractivity contribution < 1.29 is 9.90 Å². The van der Waals surface area contributed by atoms with Crippen molar-refractivity contribution in [2.45, 2.75) is 44.7 Å². The number of carboxylic acids is 1. The van der Waals surface area contributed by atoms with Gasteiger partial charge in [-0.15, -0.1) is 0 Å². The number of aliphatic carboxylic acids is 1. The van der Waals surface area contributed by atoms with Crippen molar-refractivity contribution in [2.24, 2.45) is 11.3 Å². The predicted molar refractivity (Wildman–Crippen MR) is 90.7 cm³/mol. The van der Waals surface area contributed by atoms with Crippen LogP contribution < -0.4 is 0 Å². The number of hydrogen-bond acceptors (Lipinski definition) is 4. The van der Waals surface area contributed by atoms with Crippen molar-refractivity contribution in [2.75, 3.05) is 32.7 Å². The third-order valence-electron chi connectivity index (χ3n) is 6.39. The molecule has 6 heteroatoms. The van der Waals surface area contributed by atoms with E-state index in [-0.39, 0.29) is 0 Å². The van der Waals surface area contributed by atoms with Crippen LogP contribution in [0.2, 0.25) is 0 Å². The normalized spacial score (nSPS) is 31.8. The molecule has 0 amide bonds. The van der Waals surface area contributed by atoms with Gasteiger partial charge in [-0.05, 0) is 31.9 Å². The molecule has 24 heavy (non-hydrogen) atoms. The van der Waals surface area contributed by atoms with Crippen LogP contribution in [0.25, 0.3) is 0 Å². The zero-order valence-electron chi connectivity index (χ0n) is 14.3. The third-order valence-corrected chi connectivity index (χ3v) is 6.39. The van der Waals surface area contributed by atoms with E-state index < -0.39 is 11.4 Å². The van der Waals surface area contributed by atoms with Crippen LogP contribution >= 0.6 is 0 Å². The van der Waals surface area contributed by atoms with Gasteiger partial charge >= 0.3 is 5.97 Å². The van der Waals surface area contributed by atoms with Gasteiger partial charge in [0.2, 0.25) is 0 Å². The molecule has 1 aromatic heterocycles. The summed E-state index contributed by atoms with van der Waals surface area (Å²) in [5.74, 6) is -0.289. The Morgan fingerprint density at radius 2 is 2.04 bits per heavy atom. The molecule has 2 aliphatic heterocycles. The van der Waals surface area contributed by atoms with Crippen LogP contribution in [-0.2, 0) is 11.3 Å². The summed E-state index contributed by atoms with van der Waals surface area (Å²) in [6.07, 6.45) is 9.95. The Morgan fingerprint density at radius 3 is 2.71 bits per heavy atom. The van der Waals surface area contributed by atoms with Gasteiger partial charge in [-0.2, -0.15) is 5.10 Å². The number of rotatable bonds is 6. The van der Waals surface area contributed by atoms with E-state index in [4.69, 9.17) is 0 Å². The van der Waals surface area contributed by atoms with Crippen molar-refractivity contribution in [1.82, 2.24) is 19.6 Å². The second-order valence-corrected chi connectivity index (χ2v) is 7.88. The number of carbonyl (C=O) groups is 1. The molecule has 3 fully saturated rings. The summed E-state index contributed by atoms with van der Waals surface area (Å²) in [7, 11) is 0. The molecular weight excluding hydrogens is 304 g/mol. The molecule has 0 radical (unpaired) electrons. The van der Waals surface area contributed by atoms with E-state index in [0.717, 1.165) is 45.7 Å². The van der Waals surface area contributed by atoms with E-state index in [1.165, 1.54) is 25.7 Å². The number of hydrogen-bond donors (Lipinski definition) is 1. The highest BCUT2D eigenvalue weighted by Crippen LogP contribution is 2.45. The van der Waals surface area contributed by atoms with Crippen LogP contribution in [0.1, 0.15) is 32.1 Å². The SMILES string of the molecule is O=C(O)[C@@]12CN(CCCn3cccn3)C[C@@H]1CN(C1CCCC1)C2. The highest BCUT2D eigenvalue weighted by molar-refractivity contribution is 5.77. The summed E-state index contributed by atoms with van der Waals surface area (Å²) in [6, 6.07) is 2.58. The monoisotopic (exact) mass is 332 g/mol. The van der Waals surface area contributed by atoms with E-state index in [0.29, 0.717) is 12.0 Å². The summed E-state index contributed by atoms with van der Waals surface area (Å²) < 4.78 is 1.95. The van der Waals surface area contributed by atoms with Crippen molar-refractivity contribution in [1.29, 1.82) is 0 Å². The van der Waals surface area contributed by atoms with Gasteiger partial charge in [0, 0.05) is 57.1 Å². The first-order valence-corrected chi connectivity index (χ1v) is 9.35. The van der Waals surface area contributed by atoms with Gasteiger partial charge in [-0.3, -0.25) is 14.4 Å². The van der Waals surface area contributed by atoms with Gasteiger partial charge in [-0.1, -0.05) is 12.8 Å². The number of carboxylic acid groups (broad SMARTS) is 1. The lowest BCUT2D eigenvalue weighted by molar-refractivity contribution is -0.149. The lowest BCUT2D eigenvalue weighted by Gasteiger charge is -2.28. The molecule has 132 valence electrons. The number of fused-ring (bicyclic) bond motifs is 1. The molecule has 1 N–H and O–H groups in total. The fourth-order valence-electron chi connectivity index (χ4n) is 5.12. The topological polar surface area (TPSA) is 61.6 Å². The average molecular weight is 332 g/mol. The first-order valence-electron chi connectivity index (χ1n) is 9.35. The largest absolute Gasteiger partial charge is 0.481 e. The predicted octanol–water partition coefficient (Wildman–Crippen LogP) is 1.53. The van der Waals surface area contributed by atoms with Crippen LogP contribution in [0.3, 0.4) is 0 Å². The molecule has 3 aliphatic rings. The summed E-state index contributed by atoms with van der Waals surface area (Å²) >= 11 is 0. The van der Waals surface area contributed by atoms with Crippen molar-refractivity contribution >= 4 is 5.97 Å². The highest BCUT2D eigenvalue weighted by Gasteiger charge is 2.58. The van der Waals surface area contributed by atoms with Crippen molar-refractivity contribution in [3.63, 3.8) is 0 Å². The molecular formula is C18H28N4O2.